The highest BCUT2D eigenvalue weighted by molar-refractivity contribution is 5.84. The number of aliphatic hydroxyl groups excluding tert-OH is 1. The molecule has 0 radical (unpaired) electrons. The minimum absolute atomic E-state index is 0.129. The Hall–Kier alpha value is -0.870. The zero-order chi connectivity index (χ0) is 19.9. The van der Waals surface area contributed by atoms with Crippen molar-refractivity contribution in [2.24, 2.45) is 4.99 Å². The third-order valence-corrected chi connectivity index (χ3v) is 6.00. The number of allylic oxidation sites excluding steroid dienone is 2. The fraction of sp³-hybridized carbons (Fsp3) is 0.875. The van der Waals surface area contributed by atoms with Gasteiger partial charge >= 0.3 is 0 Å². The second kappa shape index (κ2) is 15.0. The summed E-state index contributed by atoms with van der Waals surface area (Å²) in [5.41, 5.74) is 0. The Balaban J connectivity index is 1.39. The van der Waals surface area contributed by atoms with E-state index in [1.54, 1.807) is 0 Å². The van der Waals surface area contributed by atoms with E-state index in [9.17, 15) is 5.11 Å². The van der Waals surface area contributed by atoms with Crippen molar-refractivity contribution in [3.05, 3.63) is 12.2 Å². The second-order valence-corrected chi connectivity index (χ2v) is 8.45. The van der Waals surface area contributed by atoms with E-state index in [1.165, 1.54) is 89.3 Å². The second-order valence-electron chi connectivity index (χ2n) is 8.45. The van der Waals surface area contributed by atoms with Gasteiger partial charge in [-0.25, -0.2) is 0 Å². The Morgan fingerprint density at radius 1 is 1.00 bits per heavy atom. The lowest BCUT2D eigenvalue weighted by molar-refractivity contribution is 0.156. The van der Waals surface area contributed by atoms with Crippen molar-refractivity contribution in [1.29, 1.82) is 0 Å². The lowest BCUT2D eigenvalue weighted by atomic mass is 10.1. The zero-order valence-corrected chi connectivity index (χ0v) is 18.3. The van der Waals surface area contributed by atoms with Crippen LogP contribution in [0.2, 0.25) is 0 Å². The van der Waals surface area contributed by atoms with Crippen molar-refractivity contribution < 1.29 is 9.84 Å². The number of amidine groups is 1. The number of hydrogen-bond acceptors (Lipinski definition) is 4. The van der Waals surface area contributed by atoms with Crippen molar-refractivity contribution in [3.63, 3.8) is 0 Å². The first-order valence-electron chi connectivity index (χ1n) is 12.0. The van der Waals surface area contributed by atoms with Gasteiger partial charge in [-0.2, -0.15) is 0 Å². The molecule has 0 aromatic rings. The highest BCUT2D eigenvalue weighted by atomic mass is 16.6. The van der Waals surface area contributed by atoms with E-state index in [2.05, 4.69) is 29.0 Å². The molecule has 2 atom stereocenters. The molecule has 1 saturated heterocycles. The molecule has 0 amide bonds. The predicted molar refractivity (Wildman–Crippen MR) is 119 cm³/mol. The van der Waals surface area contributed by atoms with Gasteiger partial charge in [0.1, 0.15) is 6.10 Å². The van der Waals surface area contributed by atoms with E-state index in [4.69, 9.17) is 4.74 Å². The number of nitrogens with zero attached hydrogens (tertiary/aromatic N) is 2. The van der Waals surface area contributed by atoms with E-state index in [0.29, 0.717) is 0 Å². The first-order valence-corrected chi connectivity index (χ1v) is 12.0. The topological polar surface area (TPSA) is 48.4 Å². The molecule has 162 valence electrons. The normalized spacial score (nSPS) is 20.1. The average Bonchev–Trinajstić information content (AvgIpc) is 3.44. The number of rotatable bonds is 18. The van der Waals surface area contributed by atoms with Gasteiger partial charge in [0.2, 0.25) is 0 Å². The summed E-state index contributed by atoms with van der Waals surface area (Å²) in [5, 5.41) is 9.64. The smallest absolute Gasteiger partial charge is 0.103 e. The number of aliphatic imine (C=N–C) groups is 1. The van der Waals surface area contributed by atoms with E-state index in [1.807, 2.05) is 0 Å². The Morgan fingerprint density at radius 3 is 2.21 bits per heavy atom. The Kier molecular flexibility index (Phi) is 12.6. The molecule has 28 heavy (non-hydrogen) atoms. The number of aliphatic hydroxyl groups is 1. The molecule has 2 aliphatic rings. The standard InChI is InChI=1S/C24H44N2O2/c1-2-3-4-5-6-7-8-9-10-11-12-13-14-15-16-17-24-25-18-19-26(24)22(20-27)23-21-28-23/h9-10,22-23,27H,2-8,11-21H2,1H3. The summed E-state index contributed by atoms with van der Waals surface area (Å²) in [7, 11) is 0. The Labute approximate surface area is 173 Å². The summed E-state index contributed by atoms with van der Waals surface area (Å²) >= 11 is 0. The van der Waals surface area contributed by atoms with E-state index in [-0.39, 0.29) is 18.8 Å². The fourth-order valence-electron chi connectivity index (χ4n) is 4.13. The quantitative estimate of drug-likeness (QED) is 0.190. The van der Waals surface area contributed by atoms with Crippen molar-refractivity contribution >= 4 is 5.84 Å². The van der Waals surface area contributed by atoms with E-state index >= 15 is 0 Å². The summed E-state index contributed by atoms with van der Waals surface area (Å²) in [6.45, 7) is 5.08. The van der Waals surface area contributed by atoms with Crippen LogP contribution in [0.4, 0.5) is 0 Å². The molecule has 2 unspecified atom stereocenters. The minimum atomic E-state index is 0.129. The monoisotopic (exact) mass is 392 g/mol. The van der Waals surface area contributed by atoms with E-state index in [0.717, 1.165) is 26.1 Å². The Morgan fingerprint density at radius 2 is 1.61 bits per heavy atom. The van der Waals surface area contributed by atoms with Gasteiger partial charge in [0.25, 0.3) is 0 Å². The summed E-state index contributed by atoms with van der Waals surface area (Å²) in [4.78, 5) is 6.96. The van der Waals surface area contributed by atoms with Gasteiger partial charge in [-0.15, -0.1) is 0 Å². The molecule has 0 aromatic carbocycles. The van der Waals surface area contributed by atoms with Gasteiger partial charge in [0.05, 0.1) is 31.6 Å². The third-order valence-electron chi connectivity index (χ3n) is 6.00. The summed E-state index contributed by atoms with van der Waals surface area (Å²) < 4.78 is 5.39. The van der Waals surface area contributed by atoms with Gasteiger partial charge < -0.3 is 14.7 Å². The average molecular weight is 393 g/mol. The van der Waals surface area contributed by atoms with Crippen LogP contribution in [0, 0.1) is 0 Å². The number of ether oxygens (including phenoxy) is 1. The Bertz CT molecular complexity index is 446. The van der Waals surface area contributed by atoms with Gasteiger partial charge in [-0.05, 0) is 32.1 Å². The maximum Gasteiger partial charge on any atom is 0.103 e. The lowest BCUT2D eigenvalue weighted by Gasteiger charge is -2.28. The molecule has 0 spiro atoms. The van der Waals surface area contributed by atoms with Crippen LogP contribution in [0.15, 0.2) is 17.1 Å². The molecular formula is C24H44N2O2. The van der Waals surface area contributed by atoms with Crippen LogP contribution in [0.1, 0.15) is 96.8 Å². The number of epoxide rings is 1. The highest BCUT2D eigenvalue weighted by Gasteiger charge is 2.38. The van der Waals surface area contributed by atoms with Gasteiger partial charge in [0.15, 0.2) is 0 Å². The molecule has 1 N–H and O–H groups in total. The lowest BCUT2D eigenvalue weighted by Crippen LogP contribution is -2.44. The molecule has 2 rings (SSSR count). The van der Waals surface area contributed by atoms with Gasteiger partial charge in [-0.3, -0.25) is 4.99 Å². The summed E-state index contributed by atoms with van der Waals surface area (Å²) in [6.07, 6.45) is 23.4. The molecule has 4 nitrogen and oxygen atoms in total. The van der Waals surface area contributed by atoms with Crippen molar-refractivity contribution in [2.45, 2.75) is 109 Å². The highest BCUT2D eigenvalue weighted by Crippen LogP contribution is 2.23. The molecule has 0 aliphatic carbocycles. The SMILES string of the molecule is CCCCCCCCC=CCCCCCCCC1=NCCN1C(CO)C1CO1. The molecule has 0 aromatic heterocycles. The molecule has 4 heteroatoms. The first-order chi connectivity index (χ1) is 13.9. The molecule has 1 fully saturated rings. The van der Waals surface area contributed by atoms with Crippen molar-refractivity contribution in [2.75, 3.05) is 26.3 Å². The van der Waals surface area contributed by atoms with Crippen LogP contribution in [0.25, 0.3) is 0 Å². The molecule has 0 bridgehead atoms. The van der Waals surface area contributed by atoms with Gasteiger partial charge in [-0.1, -0.05) is 70.4 Å². The van der Waals surface area contributed by atoms with Crippen LogP contribution in [-0.2, 0) is 4.74 Å². The van der Waals surface area contributed by atoms with Crippen LogP contribution < -0.4 is 0 Å². The largest absolute Gasteiger partial charge is 0.394 e. The third kappa shape index (κ3) is 9.56. The molecular weight excluding hydrogens is 348 g/mol. The van der Waals surface area contributed by atoms with Gasteiger partial charge in [0, 0.05) is 13.0 Å². The van der Waals surface area contributed by atoms with Crippen LogP contribution in [0.5, 0.6) is 0 Å². The number of unbranched alkanes of at least 4 members (excludes halogenated alkanes) is 11. The fourth-order valence-corrected chi connectivity index (χ4v) is 4.13. The molecule has 2 heterocycles. The van der Waals surface area contributed by atoms with Crippen LogP contribution in [0.3, 0.4) is 0 Å². The van der Waals surface area contributed by atoms with Crippen LogP contribution in [-0.4, -0.2) is 54.3 Å². The zero-order valence-electron chi connectivity index (χ0n) is 18.3. The summed E-state index contributed by atoms with van der Waals surface area (Å²) in [5.74, 6) is 1.20. The first kappa shape index (κ1) is 23.4. The predicted octanol–water partition coefficient (Wildman–Crippen LogP) is 5.50. The molecule has 0 saturated carbocycles. The summed E-state index contributed by atoms with van der Waals surface area (Å²) in [6, 6.07) is 0.129. The minimum Gasteiger partial charge on any atom is -0.394 e. The number of hydrogen-bond donors (Lipinski definition) is 1. The maximum absolute atomic E-state index is 9.64. The van der Waals surface area contributed by atoms with Crippen molar-refractivity contribution in [1.82, 2.24) is 4.90 Å². The van der Waals surface area contributed by atoms with Crippen LogP contribution >= 0.6 is 0 Å². The molecule has 2 aliphatic heterocycles. The maximum atomic E-state index is 9.64. The van der Waals surface area contributed by atoms with Crippen molar-refractivity contribution in [3.8, 4) is 0 Å². The van der Waals surface area contributed by atoms with E-state index < -0.39 is 0 Å².